The number of hydrogen-bond donors (Lipinski definition) is 1. The van der Waals surface area contributed by atoms with Gasteiger partial charge in [-0.05, 0) is 35.7 Å². The number of nitrogens with zero attached hydrogens (tertiary/aromatic N) is 1. The zero-order valence-electron chi connectivity index (χ0n) is 14.4. The van der Waals surface area contributed by atoms with Gasteiger partial charge in [0.25, 0.3) is 0 Å². The standard InChI is InChI=1S/C18H19F3N2O2S2/c19-18(20,21)17(25)23(11-13-7-3-9-26-13)15(14-8-4-10-27-14)16(24)22-12-5-1-2-6-12/h3-4,7-10,12,15H,1-2,5-6,11H2,(H,22,24)/t15-/m1/s1. The number of thiophene rings is 2. The van der Waals surface area contributed by atoms with Gasteiger partial charge in [0.05, 0.1) is 6.54 Å². The Bertz CT molecular complexity index is 754. The van der Waals surface area contributed by atoms with Crippen molar-refractivity contribution in [1.82, 2.24) is 10.2 Å². The Balaban J connectivity index is 1.93. The SMILES string of the molecule is O=C(NC1CCCC1)[C@@H](c1cccs1)N(Cc1cccs1)C(=O)C(F)(F)F. The minimum Gasteiger partial charge on any atom is -0.351 e. The summed E-state index contributed by atoms with van der Waals surface area (Å²) in [4.78, 5) is 26.8. The molecule has 2 aromatic rings. The highest BCUT2D eigenvalue weighted by Crippen LogP contribution is 2.32. The van der Waals surface area contributed by atoms with Gasteiger partial charge in [0.15, 0.2) is 0 Å². The lowest BCUT2D eigenvalue weighted by molar-refractivity contribution is -0.189. The lowest BCUT2D eigenvalue weighted by Gasteiger charge is -2.31. The van der Waals surface area contributed by atoms with Crippen molar-refractivity contribution in [2.24, 2.45) is 0 Å². The minimum absolute atomic E-state index is 0.0514. The molecule has 1 aliphatic carbocycles. The third-order valence-corrected chi connectivity index (χ3v) is 6.27. The summed E-state index contributed by atoms with van der Waals surface area (Å²) in [6, 6.07) is 5.26. The van der Waals surface area contributed by atoms with Crippen LogP contribution < -0.4 is 5.32 Å². The van der Waals surface area contributed by atoms with Crippen molar-refractivity contribution < 1.29 is 22.8 Å². The van der Waals surface area contributed by atoms with Gasteiger partial charge in [0, 0.05) is 15.8 Å². The second-order valence-electron chi connectivity index (χ2n) is 6.42. The molecular formula is C18H19F3N2O2S2. The second-order valence-corrected chi connectivity index (χ2v) is 8.43. The molecule has 9 heteroatoms. The molecule has 2 heterocycles. The number of halogens is 3. The van der Waals surface area contributed by atoms with Crippen LogP contribution in [-0.4, -0.2) is 28.9 Å². The molecule has 2 amide bonds. The van der Waals surface area contributed by atoms with Crippen LogP contribution in [0.4, 0.5) is 13.2 Å². The van der Waals surface area contributed by atoms with Gasteiger partial charge in [-0.25, -0.2) is 0 Å². The van der Waals surface area contributed by atoms with E-state index in [0.29, 0.717) is 14.7 Å². The highest BCUT2D eigenvalue weighted by molar-refractivity contribution is 7.10. The maximum atomic E-state index is 13.3. The topological polar surface area (TPSA) is 49.4 Å². The molecule has 0 unspecified atom stereocenters. The fraction of sp³-hybridized carbons (Fsp3) is 0.444. The molecule has 146 valence electrons. The molecule has 1 N–H and O–H groups in total. The van der Waals surface area contributed by atoms with E-state index in [1.165, 1.54) is 22.7 Å². The largest absolute Gasteiger partial charge is 0.471 e. The summed E-state index contributed by atoms with van der Waals surface area (Å²) in [6.07, 6.45) is -1.48. The molecule has 1 fully saturated rings. The van der Waals surface area contributed by atoms with E-state index >= 15 is 0 Å². The molecule has 1 saturated carbocycles. The van der Waals surface area contributed by atoms with Crippen LogP contribution in [0.5, 0.6) is 0 Å². The molecule has 0 spiro atoms. The summed E-state index contributed by atoms with van der Waals surface area (Å²) in [6.45, 7) is -0.267. The Kier molecular flexibility index (Phi) is 6.21. The molecular weight excluding hydrogens is 397 g/mol. The van der Waals surface area contributed by atoms with Gasteiger partial charge in [-0.1, -0.05) is 25.0 Å². The van der Waals surface area contributed by atoms with Crippen molar-refractivity contribution in [2.75, 3.05) is 0 Å². The van der Waals surface area contributed by atoms with Crippen LogP contribution in [0.25, 0.3) is 0 Å². The van der Waals surface area contributed by atoms with Crippen LogP contribution in [0.1, 0.15) is 41.5 Å². The third-order valence-electron chi connectivity index (χ3n) is 4.48. The molecule has 3 rings (SSSR count). The summed E-state index contributed by atoms with van der Waals surface area (Å²) in [5, 5.41) is 6.26. The van der Waals surface area contributed by atoms with E-state index in [1.54, 1.807) is 35.0 Å². The predicted molar refractivity (Wildman–Crippen MR) is 98.4 cm³/mol. The van der Waals surface area contributed by atoms with Crippen LogP contribution in [0, 0.1) is 0 Å². The molecule has 27 heavy (non-hydrogen) atoms. The van der Waals surface area contributed by atoms with Crippen LogP contribution >= 0.6 is 22.7 Å². The molecule has 0 bridgehead atoms. The first-order valence-corrected chi connectivity index (χ1v) is 10.4. The van der Waals surface area contributed by atoms with E-state index in [-0.39, 0.29) is 12.6 Å². The second kappa shape index (κ2) is 8.43. The highest BCUT2D eigenvalue weighted by atomic mass is 32.1. The Morgan fingerprint density at radius 3 is 2.37 bits per heavy atom. The van der Waals surface area contributed by atoms with Gasteiger partial charge >= 0.3 is 12.1 Å². The van der Waals surface area contributed by atoms with Gasteiger partial charge < -0.3 is 10.2 Å². The fourth-order valence-corrected chi connectivity index (χ4v) is 4.77. The van der Waals surface area contributed by atoms with Crippen molar-refractivity contribution in [2.45, 2.75) is 50.5 Å². The van der Waals surface area contributed by atoms with Gasteiger partial charge in [-0.15, -0.1) is 22.7 Å². The van der Waals surface area contributed by atoms with Crippen LogP contribution in [-0.2, 0) is 16.1 Å². The Labute approximate surface area is 163 Å². The van der Waals surface area contributed by atoms with E-state index in [0.717, 1.165) is 25.7 Å². The first-order chi connectivity index (χ1) is 12.9. The number of amides is 2. The Hall–Kier alpha value is -1.87. The third kappa shape index (κ3) is 4.90. The first-order valence-electron chi connectivity index (χ1n) is 8.60. The molecule has 2 aromatic heterocycles. The van der Waals surface area contributed by atoms with Crippen molar-refractivity contribution in [3.05, 3.63) is 44.8 Å². The number of nitrogens with one attached hydrogen (secondary N) is 1. The minimum atomic E-state index is -5.06. The summed E-state index contributed by atoms with van der Waals surface area (Å²) >= 11 is 2.42. The summed E-state index contributed by atoms with van der Waals surface area (Å²) in [7, 11) is 0. The fourth-order valence-electron chi connectivity index (χ4n) is 3.24. The summed E-state index contributed by atoms with van der Waals surface area (Å²) < 4.78 is 39.8. The van der Waals surface area contributed by atoms with Gasteiger partial charge in [-0.3, -0.25) is 9.59 Å². The van der Waals surface area contributed by atoms with E-state index in [9.17, 15) is 22.8 Å². The maximum absolute atomic E-state index is 13.3. The summed E-state index contributed by atoms with van der Waals surface area (Å²) in [5.74, 6) is -2.56. The van der Waals surface area contributed by atoms with Gasteiger partial charge in [0.1, 0.15) is 6.04 Å². The van der Waals surface area contributed by atoms with Crippen molar-refractivity contribution in [1.29, 1.82) is 0 Å². The van der Waals surface area contributed by atoms with E-state index < -0.39 is 24.0 Å². The molecule has 0 radical (unpaired) electrons. The molecule has 0 aliphatic heterocycles. The molecule has 1 aliphatic rings. The normalized spacial score (nSPS) is 16.3. The van der Waals surface area contributed by atoms with Crippen LogP contribution in [0.2, 0.25) is 0 Å². The Morgan fingerprint density at radius 1 is 1.15 bits per heavy atom. The number of carbonyl (C=O) groups is 2. The van der Waals surface area contributed by atoms with Gasteiger partial charge in [-0.2, -0.15) is 13.2 Å². The van der Waals surface area contributed by atoms with E-state index in [4.69, 9.17) is 0 Å². The quantitative estimate of drug-likeness (QED) is 0.754. The monoisotopic (exact) mass is 416 g/mol. The number of hydrogen-bond acceptors (Lipinski definition) is 4. The lowest BCUT2D eigenvalue weighted by Crippen LogP contribution is -2.49. The lowest BCUT2D eigenvalue weighted by atomic mass is 10.1. The molecule has 1 atom stereocenters. The van der Waals surface area contributed by atoms with E-state index in [1.807, 2.05) is 0 Å². The average Bonchev–Trinajstić information content (AvgIpc) is 3.36. The number of alkyl halides is 3. The zero-order valence-corrected chi connectivity index (χ0v) is 16.0. The smallest absolute Gasteiger partial charge is 0.351 e. The van der Waals surface area contributed by atoms with Crippen molar-refractivity contribution in [3.8, 4) is 0 Å². The highest BCUT2D eigenvalue weighted by Gasteiger charge is 2.47. The number of rotatable bonds is 6. The van der Waals surface area contributed by atoms with Crippen LogP contribution in [0.15, 0.2) is 35.0 Å². The average molecular weight is 416 g/mol. The van der Waals surface area contributed by atoms with E-state index in [2.05, 4.69) is 5.32 Å². The summed E-state index contributed by atoms with van der Waals surface area (Å²) in [5.41, 5.74) is 0. The van der Waals surface area contributed by atoms with Crippen LogP contribution in [0.3, 0.4) is 0 Å². The van der Waals surface area contributed by atoms with Crippen molar-refractivity contribution in [3.63, 3.8) is 0 Å². The zero-order chi connectivity index (χ0) is 19.4. The molecule has 0 saturated heterocycles. The predicted octanol–water partition coefficient (Wildman–Crippen LogP) is 4.50. The molecule has 0 aromatic carbocycles. The van der Waals surface area contributed by atoms with Crippen molar-refractivity contribution >= 4 is 34.5 Å². The maximum Gasteiger partial charge on any atom is 0.471 e. The molecule has 4 nitrogen and oxygen atoms in total. The number of carbonyl (C=O) groups excluding carboxylic acids is 2. The Morgan fingerprint density at radius 2 is 1.81 bits per heavy atom. The first kappa shape index (κ1) is 19.9. The van der Waals surface area contributed by atoms with Gasteiger partial charge in [0.2, 0.25) is 5.91 Å².